The molecule has 0 amide bonds. The number of nitrogens with zero attached hydrogens (tertiary/aromatic N) is 2. The molecule has 2 unspecified atom stereocenters. The summed E-state index contributed by atoms with van der Waals surface area (Å²) in [5, 5.41) is 21.6. The second kappa shape index (κ2) is 5.61. The van der Waals surface area contributed by atoms with Crippen LogP contribution in [-0.2, 0) is 17.6 Å². The van der Waals surface area contributed by atoms with Gasteiger partial charge in [0.05, 0.1) is 12.3 Å². The quantitative estimate of drug-likeness (QED) is 0.836. The predicted molar refractivity (Wildman–Crippen MR) is 82.9 cm³/mol. The van der Waals surface area contributed by atoms with E-state index in [-0.39, 0.29) is 11.7 Å². The molecule has 3 rings (SSSR count). The first-order chi connectivity index (χ1) is 10.4. The highest BCUT2D eigenvalue weighted by molar-refractivity contribution is 8.00. The minimum absolute atomic E-state index is 0.0160. The van der Waals surface area contributed by atoms with Gasteiger partial charge in [-0.1, -0.05) is 23.7 Å². The minimum atomic E-state index is -1.28. The lowest BCUT2D eigenvalue weighted by molar-refractivity contribution is -0.709. The average molecular weight is 340 g/mol. The van der Waals surface area contributed by atoms with Crippen molar-refractivity contribution in [1.29, 1.82) is 0 Å². The zero-order chi connectivity index (χ0) is 15.9. The molecule has 5 nitrogen and oxygen atoms in total. The van der Waals surface area contributed by atoms with Crippen molar-refractivity contribution in [3.05, 3.63) is 47.2 Å². The second-order valence-corrected chi connectivity index (χ2v) is 6.94. The normalized spacial score (nSPS) is 23.5. The lowest BCUT2D eigenvalue weighted by atomic mass is 9.96. The molecule has 0 saturated carbocycles. The lowest BCUT2D eigenvalue weighted by Crippen LogP contribution is -2.40. The maximum absolute atomic E-state index is 11.4. The van der Waals surface area contributed by atoms with Gasteiger partial charge in [0.15, 0.2) is 0 Å². The molecule has 2 heterocycles. The maximum atomic E-state index is 11.4. The number of carboxylic acids is 1. The van der Waals surface area contributed by atoms with Crippen LogP contribution in [0.15, 0.2) is 41.8 Å². The number of aryl methyl sites for hydroxylation is 1. The summed E-state index contributed by atoms with van der Waals surface area (Å²) >= 11 is 7.43. The zero-order valence-electron chi connectivity index (χ0n) is 11.9. The van der Waals surface area contributed by atoms with Crippen molar-refractivity contribution in [3.8, 4) is 0 Å². The number of aliphatic hydroxyl groups is 1. The van der Waals surface area contributed by atoms with Crippen LogP contribution in [0.5, 0.6) is 0 Å². The van der Waals surface area contributed by atoms with Crippen molar-refractivity contribution in [2.75, 3.05) is 0 Å². The third-order valence-corrected chi connectivity index (χ3v) is 5.70. The molecule has 1 aliphatic heterocycles. The Bertz CT molecular complexity index is 716. The highest BCUT2D eigenvalue weighted by Gasteiger charge is 2.54. The monoisotopic (exact) mass is 339 g/mol. The van der Waals surface area contributed by atoms with Crippen LogP contribution in [-0.4, -0.2) is 26.0 Å². The van der Waals surface area contributed by atoms with Gasteiger partial charge in [0.1, 0.15) is 12.4 Å². The van der Waals surface area contributed by atoms with Crippen LogP contribution in [0.1, 0.15) is 18.4 Å². The molecular formula is C15H16ClN2O3S+. The number of hydrogen-bond acceptors (Lipinski definition) is 3. The molecule has 0 saturated heterocycles. The highest BCUT2D eigenvalue weighted by Crippen LogP contribution is 2.47. The summed E-state index contributed by atoms with van der Waals surface area (Å²) in [7, 11) is 1.90. The molecular weight excluding hydrogens is 324 g/mol. The Morgan fingerprint density at radius 1 is 1.45 bits per heavy atom. The van der Waals surface area contributed by atoms with Gasteiger partial charge in [0.25, 0.3) is 0 Å². The standard InChI is InChI=1S/C15H15ClN2O3S/c1-17-8-9-18-14(17)22-12(6-7-13(19)20)15(18,21)10-2-4-11(16)5-3-10/h2-5,8-9,12,21H,6-7H2,1H3/p+1. The van der Waals surface area contributed by atoms with Gasteiger partial charge in [-0.15, -0.1) is 0 Å². The molecule has 0 spiro atoms. The molecule has 2 atom stereocenters. The molecule has 7 heteroatoms. The zero-order valence-corrected chi connectivity index (χ0v) is 13.5. The van der Waals surface area contributed by atoms with Gasteiger partial charge in [0, 0.05) is 17.0 Å². The van der Waals surface area contributed by atoms with E-state index >= 15 is 0 Å². The van der Waals surface area contributed by atoms with Gasteiger partial charge < -0.3 is 10.2 Å². The Kier molecular flexibility index (Phi) is 3.92. The molecule has 22 heavy (non-hydrogen) atoms. The first-order valence-corrected chi connectivity index (χ1v) is 8.13. The molecule has 2 N–H and O–H groups in total. The van der Waals surface area contributed by atoms with Gasteiger partial charge in [-0.25, -0.2) is 4.57 Å². The SMILES string of the molecule is C[n+]1ccn2c1SC(CCC(=O)O)C2(O)c1ccc(Cl)cc1. The van der Waals surface area contributed by atoms with E-state index < -0.39 is 11.7 Å². The summed E-state index contributed by atoms with van der Waals surface area (Å²) in [6, 6.07) is 7.03. The summed E-state index contributed by atoms with van der Waals surface area (Å²) in [5.41, 5.74) is -0.573. The highest BCUT2D eigenvalue weighted by atomic mass is 35.5. The third-order valence-electron chi connectivity index (χ3n) is 3.90. The number of carboxylic acid groups (broad SMARTS) is 1. The molecule has 116 valence electrons. The number of benzene rings is 1. The smallest absolute Gasteiger partial charge is 0.321 e. The summed E-state index contributed by atoms with van der Waals surface area (Å²) in [5.74, 6) is -0.861. The van der Waals surface area contributed by atoms with Gasteiger partial charge in [-0.05, 0) is 30.3 Å². The summed E-state index contributed by atoms with van der Waals surface area (Å²) in [6.45, 7) is 0. The Balaban J connectivity index is 2.05. The van der Waals surface area contributed by atoms with Crippen molar-refractivity contribution < 1.29 is 19.6 Å². The number of thioether (sulfide) groups is 1. The molecule has 1 aromatic carbocycles. The Hall–Kier alpha value is -1.50. The first kappa shape index (κ1) is 15.4. The summed E-state index contributed by atoms with van der Waals surface area (Å²) in [4.78, 5) is 10.9. The number of carbonyl (C=O) groups is 1. The number of imidazole rings is 1. The van der Waals surface area contributed by atoms with Gasteiger partial charge >= 0.3 is 11.1 Å². The molecule has 2 aromatic rings. The molecule has 0 radical (unpaired) electrons. The van der Waals surface area contributed by atoms with Crippen LogP contribution >= 0.6 is 23.4 Å². The van der Waals surface area contributed by atoms with Crippen molar-refractivity contribution in [1.82, 2.24) is 4.57 Å². The summed E-state index contributed by atoms with van der Waals surface area (Å²) < 4.78 is 3.72. The number of halogens is 1. The third kappa shape index (κ3) is 2.41. The van der Waals surface area contributed by atoms with Crippen LogP contribution in [0.4, 0.5) is 0 Å². The Morgan fingerprint density at radius 3 is 2.77 bits per heavy atom. The van der Waals surface area contributed by atoms with Gasteiger partial charge in [-0.3, -0.25) is 4.79 Å². The second-order valence-electron chi connectivity index (χ2n) is 5.33. The molecule has 1 aliphatic rings. The molecule has 0 fully saturated rings. The van der Waals surface area contributed by atoms with Crippen molar-refractivity contribution in [3.63, 3.8) is 0 Å². The van der Waals surface area contributed by atoms with Crippen LogP contribution in [0.25, 0.3) is 0 Å². The van der Waals surface area contributed by atoms with Crippen molar-refractivity contribution in [2.45, 2.75) is 29.0 Å². The summed E-state index contributed by atoms with van der Waals surface area (Å²) in [6.07, 6.45) is 4.08. The Labute approximate surface area is 137 Å². The molecule has 0 aliphatic carbocycles. The number of hydrogen-bond donors (Lipinski definition) is 2. The van der Waals surface area contributed by atoms with Gasteiger partial charge in [-0.2, -0.15) is 4.57 Å². The number of rotatable bonds is 4. The van der Waals surface area contributed by atoms with E-state index in [1.807, 2.05) is 24.0 Å². The average Bonchev–Trinajstić information content (AvgIpc) is 2.97. The number of fused-ring (bicyclic) bond motifs is 1. The van der Waals surface area contributed by atoms with Gasteiger partial charge in [0.2, 0.25) is 5.72 Å². The van der Waals surface area contributed by atoms with E-state index in [1.54, 1.807) is 28.8 Å². The number of aliphatic carboxylic acids is 1. The number of aromatic nitrogens is 2. The van der Waals surface area contributed by atoms with Crippen LogP contribution in [0.2, 0.25) is 5.02 Å². The van der Waals surface area contributed by atoms with E-state index in [4.69, 9.17) is 16.7 Å². The topological polar surface area (TPSA) is 66.3 Å². The lowest BCUT2D eigenvalue weighted by Gasteiger charge is -2.26. The van der Waals surface area contributed by atoms with Crippen LogP contribution < -0.4 is 4.57 Å². The predicted octanol–water partition coefficient (Wildman–Crippen LogP) is 2.00. The van der Waals surface area contributed by atoms with E-state index in [0.717, 1.165) is 5.16 Å². The maximum Gasteiger partial charge on any atom is 0.321 e. The fourth-order valence-corrected chi connectivity index (χ4v) is 4.33. The van der Waals surface area contributed by atoms with Crippen molar-refractivity contribution >= 4 is 29.3 Å². The van der Waals surface area contributed by atoms with Crippen LogP contribution in [0.3, 0.4) is 0 Å². The first-order valence-electron chi connectivity index (χ1n) is 6.87. The van der Waals surface area contributed by atoms with Crippen LogP contribution in [0, 0.1) is 0 Å². The Morgan fingerprint density at radius 2 is 2.14 bits per heavy atom. The fraction of sp³-hybridized carbons (Fsp3) is 0.333. The van der Waals surface area contributed by atoms with E-state index in [0.29, 0.717) is 17.0 Å². The van der Waals surface area contributed by atoms with Crippen molar-refractivity contribution in [2.24, 2.45) is 7.05 Å². The fourth-order valence-electron chi connectivity index (χ4n) is 2.76. The molecule has 0 bridgehead atoms. The minimum Gasteiger partial charge on any atom is -0.481 e. The van der Waals surface area contributed by atoms with E-state index in [9.17, 15) is 9.90 Å². The van der Waals surface area contributed by atoms with E-state index in [2.05, 4.69) is 0 Å². The van der Waals surface area contributed by atoms with E-state index in [1.165, 1.54) is 11.8 Å². The largest absolute Gasteiger partial charge is 0.481 e. The molecule has 1 aromatic heterocycles.